The molecule has 1 saturated heterocycles. The number of methoxy groups -OCH3 is 1. The van der Waals surface area contributed by atoms with Crippen molar-refractivity contribution in [2.75, 3.05) is 13.7 Å². The fraction of sp³-hybridized carbons (Fsp3) is 0.500. The lowest BCUT2D eigenvalue weighted by molar-refractivity contribution is -0.0397. The van der Waals surface area contributed by atoms with E-state index in [0.29, 0.717) is 5.75 Å². The van der Waals surface area contributed by atoms with Gasteiger partial charge in [0.2, 0.25) is 0 Å². The van der Waals surface area contributed by atoms with Crippen LogP contribution in [0.4, 0.5) is 0 Å². The van der Waals surface area contributed by atoms with Crippen LogP contribution in [-0.2, 0) is 11.2 Å². The summed E-state index contributed by atoms with van der Waals surface area (Å²) >= 11 is 0. The first kappa shape index (κ1) is 16.0. The van der Waals surface area contributed by atoms with Gasteiger partial charge in [-0.15, -0.1) is 0 Å². The fourth-order valence-corrected chi connectivity index (χ4v) is 3.09. The monoisotopic (exact) mass is 316 g/mol. The van der Waals surface area contributed by atoms with Crippen LogP contribution < -0.4 is 4.74 Å². The number of aliphatic hydroxyl groups is 1. The number of rotatable bonds is 5. The van der Waals surface area contributed by atoms with E-state index in [9.17, 15) is 5.11 Å². The zero-order chi connectivity index (χ0) is 16.2. The second kappa shape index (κ2) is 7.15. The number of ether oxygens (including phenoxy) is 2. The third kappa shape index (κ3) is 3.26. The molecule has 23 heavy (non-hydrogen) atoms. The normalized spacial score (nSPS) is 19.5. The number of aryl methyl sites for hydroxylation is 1. The molecule has 5 heteroatoms. The average Bonchev–Trinajstić information content (AvgIpc) is 3.06. The minimum Gasteiger partial charge on any atom is -0.496 e. The zero-order valence-electron chi connectivity index (χ0n) is 13.7. The number of aromatic nitrogens is 2. The van der Waals surface area contributed by atoms with Crippen molar-refractivity contribution in [3.63, 3.8) is 0 Å². The van der Waals surface area contributed by atoms with Gasteiger partial charge in [-0.3, -0.25) is 0 Å². The molecule has 0 aliphatic carbocycles. The second-order valence-corrected chi connectivity index (χ2v) is 5.83. The van der Waals surface area contributed by atoms with Crippen LogP contribution in [0.1, 0.15) is 55.3 Å². The Morgan fingerprint density at radius 2 is 2.17 bits per heavy atom. The minimum absolute atomic E-state index is 0.0207. The third-order valence-corrected chi connectivity index (χ3v) is 4.35. The van der Waals surface area contributed by atoms with E-state index in [1.807, 2.05) is 42.1 Å². The molecule has 1 aliphatic rings. The van der Waals surface area contributed by atoms with Gasteiger partial charge in [-0.25, -0.2) is 4.68 Å². The molecule has 0 bridgehead atoms. The van der Waals surface area contributed by atoms with Gasteiger partial charge in [0.15, 0.2) is 0 Å². The Morgan fingerprint density at radius 3 is 2.87 bits per heavy atom. The molecule has 2 heterocycles. The number of aliphatic hydroxyl groups excluding tert-OH is 1. The first-order chi connectivity index (χ1) is 11.2. The molecule has 0 spiro atoms. The maximum atomic E-state index is 10.9. The number of hydrogen-bond donors (Lipinski definition) is 1. The summed E-state index contributed by atoms with van der Waals surface area (Å²) in [5.74, 6) is 0.684. The Bertz CT molecular complexity index is 647. The lowest BCUT2D eigenvalue weighted by Crippen LogP contribution is -2.18. The Morgan fingerprint density at radius 1 is 1.35 bits per heavy atom. The van der Waals surface area contributed by atoms with Gasteiger partial charge < -0.3 is 14.6 Å². The standard InChI is InChI=1S/C18H24N2O3/c1-3-15-14(12-20(19-15)17-10-6-7-11-23-17)18(21)13-8-4-5-9-16(13)22-2/h4-5,8-9,12,17-18,21H,3,6-7,10-11H2,1-2H3. The third-order valence-electron chi connectivity index (χ3n) is 4.35. The molecule has 1 N–H and O–H groups in total. The molecular weight excluding hydrogens is 292 g/mol. The molecule has 0 amide bonds. The lowest BCUT2D eigenvalue weighted by atomic mass is 10.0. The van der Waals surface area contributed by atoms with E-state index < -0.39 is 6.10 Å². The topological polar surface area (TPSA) is 56.5 Å². The molecular formula is C18H24N2O3. The number of hydrogen-bond acceptors (Lipinski definition) is 4. The smallest absolute Gasteiger partial charge is 0.150 e. The maximum Gasteiger partial charge on any atom is 0.150 e. The van der Waals surface area contributed by atoms with E-state index in [1.54, 1.807) is 7.11 Å². The highest BCUT2D eigenvalue weighted by Crippen LogP contribution is 2.33. The highest BCUT2D eigenvalue weighted by atomic mass is 16.5. The summed E-state index contributed by atoms with van der Waals surface area (Å²) in [6, 6.07) is 7.55. The van der Waals surface area contributed by atoms with Crippen molar-refractivity contribution in [2.24, 2.45) is 0 Å². The SMILES string of the molecule is CCc1nn(C2CCCCO2)cc1C(O)c1ccccc1OC. The minimum atomic E-state index is -0.751. The Labute approximate surface area is 136 Å². The van der Waals surface area contributed by atoms with Gasteiger partial charge in [0.05, 0.1) is 12.8 Å². The van der Waals surface area contributed by atoms with Crippen molar-refractivity contribution >= 4 is 0 Å². The van der Waals surface area contributed by atoms with Crippen molar-refractivity contribution in [2.45, 2.75) is 44.9 Å². The zero-order valence-corrected chi connectivity index (χ0v) is 13.7. The van der Waals surface area contributed by atoms with Crippen molar-refractivity contribution in [1.29, 1.82) is 0 Å². The molecule has 3 rings (SSSR count). The Balaban J connectivity index is 1.93. The van der Waals surface area contributed by atoms with E-state index in [-0.39, 0.29) is 6.23 Å². The van der Waals surface area contributed by atoms with E-state index in [1.165, 1.54) is 0 Å². The van der Waals surface area contributed by atoms with E-state index in [2.05, 4.69) is 5.10 Å². The molecule has 0 saturated carbocycles. The van der Waals surface area contributed by atoms with Gasteiger partial charge in [0, 0.05) is 23.9 Å². The van der Waals surface area contributed by atoms with Gasteiger partial charge in [0.25, 0.3) is 0 Å². The predicted octanol–water partition coefficient (Wildman–Crippen LogP) is 3.23. The number of benzene rings is 1. The lowest BCUT2D eigenvalue weighted by Gasteiger charge is -2.22. The number of para-hydroxylation sites is 1. The predicted molar refractivity (Wildman–Crippen MR) is 87.5 cm³/mol. The maximum absolute atomic E-state index is 10.9. The Hall–Kier alpha value is -1.85. The van der Waals surface area contributed by atoms with Crippen LogP contribution in [0.15, 0.2) is 30.5 Å². The van der Waals surface area contributed by atoms with E-state index in [0.717, 1.165) is 49.1 Å². The van der Waals surface area contributed by atoms with E-state index >= 15 is 0 Å². The van der Waals surface area contributed by atoms with Gasteiger partial charge >= 0.3 is 0 Å². The second-order valence-electron chi connectivity index (χ2n) is 5.83. The molecule has 1 fully saturated rings. The molecule has 5 nitrogen and oxygen atoms in total. The quantitative estimate of drug-likeness (QED) is 0.920. The first-order valence-electron chi connectivity index (χ1n) is 8.25. The van der Waals surface area contributed by atoms with Crippen molar-refractivity contribution in [1.82, 2.24) is 9.78 Å². The highest BCUT2D eigenvalue weighted by molar-refractivity contribution is 5.41. The van der Waals surface area contributed by atoms with Crippen LogP contribution in [-0.4, -0.2) is 28.6 Å². The van der Waals surface area contributed by atoms with Crippen LogP contribution in [0.3, 0.4) is 0 Å². The molecule has 2 atom stereocenters. The summed E-state index contributed by atoms with van der Waals surface area (Å²) in [6.07, 6.45) is 5.14. The van der Waals surface area contributed by atoms with Gasteiger partial charge in [-0.05, 0) is 31.7 Å². The molecule has 2 unspecified atom stereocenters. The first-order valence-corrected chi connectivity index (χ1v) is 8.25. The van der Waals surface area contributed by atoms with Crippen molar-refractivity contribution in [3.8, 4) is 5.75 Å². The molecule has 124 valence electrons. The van der Waals surface area contributed by atoms with Gasteiger partial charge in [0.1, 0.15) is 18.1 Å². The van der Waals surface area contributed by atoms with Crippen molar-refractivity contribution in [3.05, 3.63) is 47.3 Å². The van der Waals surface area contributed by atoms with Crippen LogP contribution in [0.5, 0.6) is 5.75 Å². The largest absolute Gasteiger partial charge is 0.496 e. The van der Waals surface area contributed by atoms with Crippen LogP contribution in [0, 0.1) is 0 Å². The van der Waals surface area contributed by atoms with Gasteiger partial charge in [-0.2, -0.15) is 5.10 Å². The van der Waals surface area contributed by atoms with Crippen LogP contribution >= 0.6 is 0 Å². The van der Waals surface area contributed by atoms with Gasteiger partial charge in [-0.1, -0.05) is 25.1 Å². The summed E-state index contributed by atoms with van der Waals surface area (Å²) in [7, 11) is 1.62. The molecule has 0 radical (unpaired) electrons. The average molecular weight is 316 g/mol. The Kier molecular flexibility index (Phi) is 4.98. The fourth-order valence-electron chi connectivity index (χ4n) is 3.09. The summed E-state index contributed by atoms with van der Waals surface area (Å²) < 4.78 is 13.0. The summed E-state index contributed by atoms with van der Waals surface area (Å²) in [5.41, 5.74) is 2.48. The van der Waals surface area contributed by atoms with E-state index in [4.69, 9.17) is 9.47 Å². The summed E-state index contributed by atoms with van der Waals surface area (Å²) in [4.78, 5) is 0. The molecule has 2 aromatic rings. The summed E-state index contributed by atoms with van der Waals surface area (Å²) in [6.45, 7) is 2.82. The molecule has 1 aliphatic heterocycles. The molecule has 1 aromatic heterocycles. The summed E-state index contributed by atoms with van der Waals surface area (Å²) in [5, 5.41) is 15.5. The van der Waals surface area contributed by atoms with Crippen molar-refractivity contribution < 1.29 is 14.6 Å². The van der Waals surface area contributed by atoms with Crippen LogP contribution in [0.2, 0.25) is 0 Å². The van der Waals surface area contributed by atoms with Crippen LogP contribution in [0.25, 0.3) is 0 Å². The molecule has 1 aromatic carbocycles. The highest BCUT2D eigenvalue weighted by Gasteiger charge is 2.24. The number of nitrogens with zero attached hydrogens (tertiary/aromatic N) is 2.